The Balaban J connectivity index is 1.59. The number of amides is 2. The monoisotopic (exact) mass is 519 g/mol. The summed E-state index contributed by atoms with van der Waals surface area (Å²) < 4.78 is 0. The normalized spacial score (nSPS) is 21.8. The highest BCUT2D eigenvalue weighted by atomic mass is 35.5. The average molecular weight is 520 g/mol. The van der Waals surface area contributed by atoms with Gasteiger partial charge in [-0.25, -0.2) is 0 Å². The molecule has 3 rings (SSSR count). The van der Waals surface area contributed by atoms with Crippen LogP contribution in [-0.4, -0.2) is 65.6 Å². The number of fused-ring (bicyclic) bond motifs is 1. The number of carbonyl (C=O) groups is 2. The Morgan fingerprint density at radius 3 is 2.60 bits per heavy atom. The number of nitrogens with zero attached hydrogens (tertiary/aromatic N) is 2. The summed E-state index contributed by atoms with van der Waals surface area (Å²) in [6.07, 6.45) is 7.18. The number of carbonyl (C=O) groups excluding carboxylic acids is 2. The van der Waals surface area contributed by atoms with Crippen molar-refractivity contribution < 1.29 is 9.59 Å². The minimum atomic E-state index is -0.0593. The number of benzene rings is 1. The van der Waals surface area contributed by atoms with Crippen molar-refractivity contribution in [2.24, 2.45) is 11.8 Å². The fourth-order valence-corrected chi connectivity index (χ4v) is 6.81. The van der Waals surface area contributed by atoms with Crippen LogP contribution in [0.3, 0.4) is 0 Å². The zero-order valence-corrected chi connectivity index (χ0v) is 23.3. The van der Waals surface area contributed by atoms with Crippen molar-refractivity contribution in [3.05, 3.63) is 39.8 Å². The quantitative estimate of drug-likeness (QED) is 0.301. The molecular formula is C28H42ClN3O2S. The van der Waals surface area contributed by atoms with Gasteiger partial charge in [-0.2, -0.15) is 0 Å². The van der Waals surface area contributed by atoms with Gasteiger partial charge in [-0.15, -0.1) is 11.8 Å². The third kappa shape index (κ3) is 8.83. The first-order chi connectivity index (χ1) is 16.7. The first kappa shape index (κ1) is 28.1. The zero-order valence-electron chi connectivity index (χ0n) is 21.8. The molecule has 1 aromatic rings. The van der Waals surface area contributed by atoms with Gasteiger partial charge in [0.25, 0.3) is 5.91 Å². The highest BCUT2D eigenvalue weighted by molar-refractivity contribution is 8.04. The number of rotatable bonds is 11. The van der Waals surface area contributed by atoms with Crippen molar-refractivity contribution in [2.45, 2.75) is 71.1 Å². The van der Waals surface area contributed by atoms with Gasteiger partial charge in [0, 0.05) is 35.9 Å². The van der Waals surface area contributed by atoms with Crippen molar-refractivity contribution in [2.75, 3.05) is 32.7 Å². The molecule has 7 heteroatoms. The zero-order chi connectivity index (χ0) is 25.4. The molecule has 2 amide bonds. The number of halogens is 1. The maximum atomic E-state index is 13.4. The van der Waals surface area contributed by atoms with Crippen LogP contribution in [0.4, 0.5) is 0 Å². The summed E-state index contributed by atoms with van der Waals surface area (Å²) >= 11 is 7.83. The minimum Gasteiger partial charge on any atom is -0.355 e. The maximum absolute atomic E-state index is 13.4. The lowest BCUT2D eigenvalue weighted by atomic mass is 9.93. The molecule has 0 spiro atoms. The lowest BCUT2D eigenvalue weighted by molar-refractivity contribution is -0.135. The predicted molar refractivity (Wildman–Crippen MR) is 149 cm³/mol. The second kappa shape index (κ2) is 13.7. The molecule has 0 bridgehead atoms. The summed E-state index contributed by atoms with van der Waals surface area (Å²) in [7, 11) is 0. The van der Waals surface area contributed by atoms with Crippen LogP contribution in [0.25, 0.3) is 6.08 Å². The fraction of sp³-hybridized carbons (Fsp3) is 0.643. The van der Waals surface area contributed by atoms with E-state index in [2.05, 4.69) is 37.9 Å². The van der Waals surface area contributed by atoms with E-state index in [1.165, 1.54) is 6.42 Å². The van der Waals surface area contributed by atoms with Crippen LogP contribution >= 0.6 is 23.4 Å². The second-order valence-corrected chi connectivity index (χ2v) is 12.5. The molecule has 1 aromatic carbocycles. The van der Waals surface area contributed by atoms with Crippen LogP contribution < -0.4 is 5.32 Å². The van der Waals surface area contributed by atoms with Crippen molar-refractivity contribution in [3.8, 4) is 0 Å². The Labute approximate surface area is 221 Å². The molecule has 1 saturated heterocycles. The molecule has 1 saturated carbocycles. The number of thioether (sulfide) groups is 1. The lowest BCUT2D eigenvalue weighted by Gasteiger charge is -2.43. The molecule has 2 unspecified atom stereocenters. The van der Waals surface area contributed by atoms with E-state index in [0.717, 1.165) is 50.9 Å². The largest absolute Gasteiger partial charge is 0.355 e. The van der Waals surface area contributed by atoms with Crippen molar-refractivity contribution in [1.29, 1.82) is 0 Å². The SMILES string of the molecule is CC(C)CN(CCCNC(=O)CN1C(=O)/C(=C/c2cccc(Cl)c2)SC2CCCCC21)CC(C)C. The Kier molecular flexibility index (Phi) is 11.0. The van der Waals surface area contributed by atoms with Crippen LogP contribution in [0.5, 0.6) is 0 Å². The first-order valence-corrected chi connectivity index (χ1v) is 14.4. The van der Waals surface area contributed by atoms with Gasteiger partial charge in [-0.1, -0.05) is 64.3 Å². The Bertz CT molecular complexity index is 879. The van der Waals surface area contributed by atoms with E-state index in [0.29, 0.717) is 33.6 Å². The number of hydrogen-bond acceptors (Lipinski definition) is 4. The van der Waals surface area contributed by atoms with Gasteiger partial charge in [-0.3, -0.25) is 9.59 Å². The van der Waals surface area contributed by atoms with E-state index < -0.39 is 0 Å². The first-order valence-electron chi connectivity index (χ1n) is 13.2. The van der Waals surface area contributed by atoms with Gasteiger partial charge in [0.15, 0.2) is 0 Å². The molecule has 1 aliphatic carbocycles. The highest BCUT2D eigenvalue weighted by Crippen LogP contribution is 2.42. The van der Waals surface area contributed by atoms with Crippen LogP contribution in [0, 0.1) is 11.8 Å². The van der Waals surface area contributed by atoms with Crippen LogP contribution in [0.2, 0.25) is 5.02 Å². The van der Waals surface area contributed by atoms with E-state index in [1.807, 2.05) is 35.2 Å². The molecule has 2 fully saturated rings. The Hall–Kier alpha value is -1.50. The molecule has 0 aromatic heterocycles. The van der Waals surface area contributed by atoms with Crippen LogP contribution in [0.15, 0.2) is 29.2 Å². The van der Waals surface area contributed by atoms with E-state index in [4.69, 9.17) is 11.6 Å². The van der Waals surface area contributed by atoms with Gasteiger partial charge in [0.2, 0.25) is 5.91 Å². The van der Waals surface area contributed by atoms with Gasteiger partial charge < -0.3 is 15.1 Å². The van der Waals surface area contributed by atoms with Crippen molar-refractivity contribution in [3.63, 3.8) is 0 Å². The minimum absolute atomic E-state index is 0.0340. The number of hydrogen-bond donors (Lipinski definition) is 1. The molecule has 194 valence electrons. The molecule has 35 heavy (non-hydrogen) atoms. The second-order valence-electron chi connectivity index (χ2n) is 10.8. The molecule has 1 N–H and O–H groups in total. The summed E-state index contributed by atoms with van der Waals surface area (Å²) in [4.78, 5) is 31.4. The molecule has 1 heterocycles. The standard InChI is InChI=1S/C28H42ClN3O2S/c1-20(2)17-31(18-21(3)4)14-8-13-30-27(33)19-32-24-11-5-6-12-25(24)35-26(28(32)34)16-22-9-7-10-23(29)15-22/h7,9-10,15-16,20-21,24-25H,5-6,8,11-14,17-19H2,1-4H3,(H,30,33)/b26-16-. The molecule has 1 aliphatic heterocycles. The van der Waals surface area contributed by atoms with Gasteiger partial charge in [0.1, 0.15) is 6.54 Å². The van der Waals surface area contributed by atoms with E-state index >= 15 is 0 Å². The molecule has 2 atom stereocenters. The summed E-state index contributed by atoms with van der Waals surface area (Å²) in [6, 6.07) is 7.69. The highest BCUT2D eigenvalue weighted by Gasteiger charge is 2.41. The topological polar surface area (TPSA) is 52.7 Å². The molecule has 0 radical (unpaired) electrons. The summed E-state index contributed by atoms with van der Waals surface area (Å²) in [5, 5.41) is 4.08. The molecule has 5 nitrogen and oxygen atoms in total. The van der Waals surface area contributed by atoms with Crippen LogP contribution in [-0.2, 0) is 9.59 Å². The fourth-order valence-electron chi connectivity index (χ4n) is 5.14. The molecular weight excluding hydrogens is 478 g/mol. The maximum Gasteiger partial charge on any atom is 0.261 e. The number of nitrogens with one attached hydrogen (secondary N) is 1. The summed E-state index contributed by atoms with van der Waals surface area (Å²) in [6.45, 7) is 12.9. The van der Waals surface area contributed by atoms with Crippen molar-refractivity contribution >= 4 is 41.3 Å². The average Bonchev–Trinajstić information content (AvgIpc) is 2.78. The summed E-state index contributed by atoms with van der Waals surface area (Å²) in [5.74, 6) is 1.16. The third-order valence-electron chi connectivity index (χ3n) is 6.50. The van der Waals surface area contributed by atoms with E-state index in [9.17, 15) is 9.59 Å². The predicted octanol–water partition coefficient (Wildman–Crippen LogP) is 5.69. The van der Waals surface area contributed by atoms with E-state index in [-0.39, 0.29) is 24.4 Å². The van der Waals surface area contributed by atoms with Crippen LogP contribution in [0.1, 0.15) is 65.4 Å². The Morgan fingerprint density at radius 2 is 1.91 bits per heavy atom. The van der Waals surface area contributed by atoms with Gasteiger partial charge >= 0.3 is 0 Å². The molecule has 2 aliphatic rings. The Morgan fingerprint density at radius 1 is 1.20 bits per heavy atom. The van der Waals surface area contributed by atoms with E-state index in [1.54, 1.807) is 11.8 Å². The summed E-state index contributed by atoms with van der Waals surface area (Å²) in [5.41, 5.74) is 0.916. The van der Waals surface area contributed by atoms with Crippen molar-refractivity contribution in [1.82, 2.24) is 15.1 Å². The lowest BCUT2D eigenvalue weighted by Crippen LogP contribution is -2.54. The van der Waals surface area contributed by atoms with Gasteiger partial charge in [0.05, 0.1) is 4.91 Å². The smallest absolute Gasteiger partial charge is 0.261 e. The van der Waals surface area contributed by atoms with Gasteiger partial charge in [-0.05, 0) is 61.4 Å². The third-order valence-corrected chi connectivity index (χ3v) is 8.13.